The van der Waals surface area contributed by atoms with E-state index in [2.05, 4.69) is 40.5 Å². The molecule has 3 heterocycles. The van der Waals surface area contributed by atoms with E-state index in [1.807, 2.05) is 11.3 Å². The lowest BCUT2D eigenvalue weighted by Crippen LogP contribution is -2.28. The average molecular weight is 309 g/mol. The average Bonchev–Trinajstić information content (AvgIpc) is 3.11. The van der Waals surface area contributed by atoms with Gasteiger partial charge in [0.25, 0.3) is 0 Å². The molecule has 1 aromatic heterocycles. The zero-order valence-electron chi connectivity index (χ0n) is 11.6. The minimum atomic E-state index is 0. The second-order valence-corrected chi connectivity index (χ2v) is 7.31. The summed E-state index contributed by atoms with van der Waals surface area (Å²) in [7, 11) is 0. The van der Waals surface area contributed by atoms with E-state index in [9.17, 15) is 0 Å². The minimum Gasteiger partial charge on any atom is -0.316 e. The number of nitrogens with one attached hydrogen (secondary N) is 1. The molecule has 108 valence electrons. The van der Waals surface area contributed by atoms with Gasteiger partial charge in [-0.2, -0.15) is 0 Å². The van der Waals surface area contributed by atoms with E-state index in [1.165, 1.54) is 54.0 Å². The molecule has 4 heteroatoms. The molecule has 2 nitrogen and oxygen atoms in total. The van der Waals surface area contributed by atoms with Gasteiger partial charge in [-0.25, -0.2) is 0 Å². The van der Waals surface area contributed by atoms with Crippen LogP contribution in [0.3, 0.4) is 0 Å². The summed E-state index contributed by atoms with van der Waals surface area (Å²) < 4.78 is 1.42. The van der Waals surface area contributed by atoms with Gasteiger partial charge < -0.3 is 5.32 Å². The first-order valence-electron chi connectivity index (χ1n) is 7.24. The molecule has 20 heavy (non-hydrogen) atoms. The third-order valence-electron chi connectivity index (χ3n) is 4.71. The van der Waals surface area contributed by atoms with E-state index in [0.717, 1.165) is 6.54 Å². The van der Waals surface area contributed by atoms with E-state index >= 15 is 0 Å². The van der Waals surface area contributed by atoms with Crippen LogP contribution in [0.2, 0.25) is 0 Å². The van der Waals surface area contributed by atoms with E-state index in [-0.39, 0.29) is 12.4 Å². The van der Waals surface area contributed by atoms with Gasteiger partial charge in [-0.1, -0.05) is 18.2 Å². The zero-order chi connectivity index (χ0) is 12.7. The van der Waals surface area contributed by atoms with Crippen LogP contribution in [0, 0.1) is 5.41 Å². The maximum Gasteiger partial charge on any atom is 0.0346 e. The Morgan fingerprint density at radius 1 is 1.25 bits per heavy atom. The Kier molecular flexibility index (Phi) is 4.04. The summed E-state index contributed by atoms with van der Waals surface area (Å²) in [5.41, 5.74) is 0.594. The smallest absolute Gasteiger partial charge is 0.0346 e. The second kappa shape index (κ2) is 5.64. The van der Waals surface area contributed by atoms with Crippen LogP contribution in [0.4, 0.5) is 0 Å². The van der Waals surface area contributed by atoms with Crippen molar-refractivity contribution in [2.24, 2.45) is 5.41 Å². The molecule has 1 aromatic carbocycles. The molecule has 0 bridgehead atoms. The van der Waals surface area contributed by atoms with Crippen molar-refractivity contribution in [2.45, 2.75) is 19.4 Å². The van der Waals surface area contributed by atoms with Crippen LogP contribution < -0.4 is 5.32 Å². The summed E-state index contributed by atoms with van der Waals surface area (Å²) in [6, 6.07) is 11.1. The van der Waals surface area contributed by atoms with Gasteiger partial charge in [-0.05, 0) is 48.9 Å². The first-order valence-corrected chi connectivity index (χ1v) is 8.05. The maximum absolute atomic E-state index is 3.54. The topological polar surface area (TPSA) is 15.3 Å². The molecule has 2 aromatic rings. The van der Waals surface area contributed by atoms with Gasteiger partial charge in [0.05, 0.1) is 0 Å². The molecule has 0 aliphatic carbocycles. The number of thiophene rings is 1. The van der Waals surface area contributed by atoms with Crippen LogP contribution in [-0.4, -0.2) is 31.1 Å². The summed E-state index contributed by atoms with van der Waals surface area (Å²) in [6.45, 7) is 6.15. The van der Waals surface area contributed by atoms with Crippen LogP contribution in [0.15, 0.2) is 30.3 Å². The largest absolute Gasteiger partial charge is 0.316 e. The number of rotatable bonds is 2. The van der Waals surface area contributed by atoms with Crippen molar-refractivity contribution in [1.29, 1.82) is 0 Å². The van der Waals surface area contributed by atoms with Crippen LogP contribution >= 0.6 is 23.7 Å². The molecule has 1 unspecified atom stereocenters. The molecule has 0 radical (unpaired) electrons. The zero-order valence-corrected chi connectivity index (χ0v) is 13.2. The van der Waals surface area contributed by atoms with Gasteiger partial charge in [0.2, 0.25) is 0 Å². The van der Waals surface area contributed by atoms with Gasteiger partial charge >= 0.3 is 0 Å². The number of benzene rings is 1. The number of hydrogen-bond donors (Lipinski definition) is 1. The molecule has 2 fully saturated rings. The van der Waals surface area contributed by atoms with E-state index in [4.69, 9.17) is 0 Å². The van der Waals surface area contributed by atoms with Gasteiger partial charge in [0, 0.05) is 29.2 Å². The Hall–Kier alpha value is -0.610. The lowest BCUT2D eigenvalue weighted by molar-refractivity contribution is 0.270. The lowest BCUT2D eigenvalue weighted by Gasteiger charge is -2.22. The van der Waals surface area contributed by atoms with Crippen molar-refractivity contribution in [3.8, 4) is 0 Å². The van der Waals surface area contributed by atoms with Crippen LogP contribution in [-0.2, 0) is 6.54 Å². The maximum atomic E-state index is 3.54. The quantitative estimate of drug-likeness (QED) is 0.913. The first-order chi connectivity index (χ1) is 9.33. The summed E-state index contributed by atoms with van der Waals surface area (Å²) in [5.74, 6) is 0. The number of halogens is 1. The van der Waals surface area contributed by atoms with Gasteiger partial charge in [-0.3, -0.25) is 4.90 Å². The molecule has 1 spiro atoms. The summed E-state index contributed by atoms with van der Waals surface area (Å²) in [6.07, 6.45) is 2.75. The molecule has 1 atom stereocenters. The highest BCUT2D eigenvalue weighted by atomic mass is 35.5. The fourth-order valence-electron chi connectivity index (χ4n) is 3.64. The highest BCUT2D eigenvalue weighted by Gasteiger charge is 2.40. The third-order valence-corrected chi connectivity index (χ3v) is 5.81. The third kappa shape index (κ3) is 2.60. The van der Waals surface area contributed by atoms with E-state index in [0.29, 0.717) is 5.41 Å². The van der Waals surface area contributed by atoms with E-state index < -0.39 is 0 Å². The molecule has 0 saturated carbocycles. The Labute approximate surface area is 130 Å². The standard InChI is InChI=1S/C16H20N2S.ClH/c1-2-4-15-13(3-1)9-14(19-15)10-18-8-6-16(12-18)5-7-17-11-16;/h1-4,9,17H,5-8,10-12H2;1H. The molecule has 4 rings (SSSR count). The highest BCUT2D eigenvalue weighted by Crippen LogP contribution is 2.37. The van der Waals surface area contributed by atoms with Crippen molar-refractivity contribution in [2.75, 3.05) is 26.2 Å². The molecule has 2 aliphatic heterocycles. The summed E-state index contributed by atoms with van der Waals surface area (Å²) in [5, 5.41) is 4.94. The highest BCUT2D eigenvalue weighted by molar-refractivity contribution is 7.19. The van der Waals surface area contributed by atoms with Gasteiger partial charge in [0.1, 0.15) is 0 Å². The number of nitrogens with zero attached hydrogens (tertiary/aromatic N) is 1. The SMILES string of the molecule is Cl.c1ccc2sc(CN3CCC4(CCNC4)C3)cc2c1. The van der Waals surface area contributed by atoms with Crippen molar-refractivity contribution >= 4 is 33.8 Å². The fourth-order valence-corrected chi connectivity index (χ4v) is 4.75. The van der Waals surface area contributed by atoms with Crippen molar-refractivity contribution in [3.63, 3.8) is 0 Å². The monoisotopic (exact) mass is 308 g/mol. The minimum absolute atomic E-state index is 0. The number of fused-ring (bicyclic) bond motifs is 1. The molecule has 0 amide bonds. The van der Waals surface area contributed by atoms with Crippen molar-refractivity contribution in [3.05, 3.63) is 35.2 Å². The number of hydrogen-bond acceptors (Lipinski definition) is 3. The lowest BCUT2D eigenvalue weighted by atomic mass is 9.87. The van der Waals surface area contributed by atoms with Crippen LogP contribution in [0.5, 0.6) is 0 Å². The van der Waals surface area contributed by atoms with Crippen LogP contribution in [0.1, 0.15) is 17.7 Å². The summed E-state index contributed by atoms with van der Waals surface area (Å²) in [4.78, 5) is 4.17. The first kappa shape index (κ1) is 14.3. The predicted molar refractivity (Wildman–Crippen MR) is 88.9 cm³/mol. The number of likely N-dealkylation sites (tertiary alicyclic amines) is 1. The Balaban J connectivity index is 0.00000121. The normalized spacial score (nSPS) is 26.4. The van der Waals surface area contributed by atoms with E-state index in [1.54, 1.807) is 0 Å². The summed E-state index contributed by atoms with van der Waals surface area (Å²) >= 11 is 1.96. The van der Waals surface area contributed by atoms with Gasteiger partial charge in [-0.15, -0.1) is 23.7 Å². The molecular formula is C16H21ClN2S. The fraction of sp³-hybridized carbons (Fsp3) is 0.500. The molecule has 2 aliphatic rings. The van der Waals surface area contributed by atoms with Crippen molar-refractivity contribution in [1.82, 2.24) is 10.2 Å². The van der Waals surface area contributed by atoms with Crippen LogP contribution in [0.25, 0.3) is 10.1 Å². The Bertz CT molecular complexity index is 556. The second-order valence-electron chi connectivity index (χ2n) is 6.14. The molecule has 2 saturated heterocycles. The Morgan fingerprint density at radius 2 is 2.15 bits per heavy atom. The molecule has 1 N–H and O–H groups in total. The Morgan fingerprint density at radius 3 is 2.95 bits per heavy atom. The van der Waals surface area contributed by atoms with Gasteiger partial charge in [0.15, 0.2) is 0 Å². The van der Waals surface area contributed by atoms with Crippen molar-refractivity contribution < 1.29 is 0 Å². The molecular weight excluding hydrogens is 288 g/mol. The predicted octanol–water partition coefficient (Wildman–Crippen LogP) is 3.51.